The predicted molar refractivity (Wildman–Crippen MR) is 122 cm³/mol. The molecule has 0 saturated carbocycles. The van der Waals surface area contributed by atoms with E-state index < -0.39 is 0 Å². The molecular weight excluding hydrogens is 390 g/mol. The highest BCUT2D eigenvalue weighted by Gasteiger charge is 2.13. The van der Waals surface area contributed by atoms with Crippen LogP contribution < -0.4 is 15.4 Å². The van der Waals surface area contributed by atoms with Gasteiger partial charge < -0.3 is 19.9 Å². The van der Waals surface area contributed by atoms with Crippen molar-refractivity contribution in [1.29, 1.82) is 0 Å². The molecule has 2 amide bonds. The lowest BCUT2D eigenvalue weighted by atomic mass is 10.1. The van der Waals surface area contributed by atoms with Crippen molar-refractivity contribution in [1.82, 2.24) is 19.9 Å². The van der Waals surface area contributed by atoms with E-state index >= 15 is 0 Å². The molecule has 4 rings (SSSR count). The van der Waals surface area contributed by atoms with Crippen molar-refractivity contribution in [3.05, 3.63) is 83.8 Å². The minimum Gasteiger partial charge on any atom is -0.495 e. The van der Waals surface area contributed by atoms with Gasteiger partial charge in [0.1, 0.15) is 17.1 Å². The number of hydrogen-bond donors (Lipinski definition) is 2. The number of fused-ring (bicyclic) bond motifs is 1. The Morgan fingerprint density at radius 2 is 1.87 bits per heavy atom. The van der Waals surface area contributed by atoms with Crippen molar-refractivity contribution in [2.24, 2.45) is 0 Å². The summed E-state index contributed by atoms with van der Waals surface area (Å²) in [6.07, 6.45) is 2.36. The van der Waals surface area contributed by atoms with Crippen LogP contribution in [-0.2, 0) is 13.0 Å². The minimum absolute atomic E-state index is 0.288. The maximum atomic E-state index is 12.3. The molecule has 0 bridgehead atoms. The summed E-state index contributed by atoms with van der Waals surface area (Å²) in [5.41, 5.74) is 4.72. The van der Waals surface area contributed by atoms with E-state index in [9.17, 15) is 4.79 Å². The molecule has 2 N–H and O–H groups in total. The summed E-state index contributed by atoms with van der Waals surface area (Å²) in [4.78, 5) is 21.6. The molecule has 0 radical (unpaired) electrons. The normalized spacial score (nSPS) is 10.8. The van der Waals surface area contributed by atoms with Gasteiger partial charge in [-0.1, -0.05) is 42.0 Å². The van der Waals surface area contributed by atoms with Crippen molar-refractivity contribution in [2.45, 2.75) is 19.9 Å². The number of hydrogen-bond acceptors (Lipinski definition) is 4. The number of imidazole rings is 1. The van der Waals surface area contributed by atoms with E-state index in [2.05, 4.69) is 51.4 Å². The van der Waals surface area contributed by atoms with Crippen molar-refractivity contribution in [2.75, 3.05) is 19.0 Å². The largest absolute Gasteiger partial charge is 0.495 e. The second-order valence-corrected chi connectivity index (χ2v) is 7.28. The van der Waals surface area contributed by atoms with Gasteiger partial charge >= 0.3 is 6.03 Å². The van der Waals surface area contributed by atoms with Gasteiger partial charge in [-0.3, -0.25) is 0 Å². The Hall–Kier alpha value is -3.87. The second kappa shape index (κ2) is 9.30. The number of pyridine rings is 1. The van der Waals surface area contributed by atoms with Gasteiger partial charge in [0.05, 0.1) is 19.3 Å². The molecular formula is C24H25N5O2. The first kappa shape index (κ1) is 20.4. The number of ether oxygens (including phenoxy) is 1. The summed E-state index contributed by atoms with van der Waals surface area (Å²) in [5, 5.41) is 5.71. The van der Waals surface area contributed by atoms with E-state index in [-0.39, 0.29) is 6.03 Å². The van der Waals surface area contributed by atoms with Gasteiger partial charge in [-0.25, -0.2) is 14.8 Å². The number of benzene rings is 2. The average Bonchev–Trinajstić information content (AvgIpc) is 3.13. The van der Waals surface area contributed by atoms with Crippen LogP contribution in [0.5, 0.6) is 5.75 Å². The Kier molecular flexibility index (Phi) is 6.12. The number of nitrogens with zero attached hydrogens (tertiary/aromatic N) is 3. The Labute approximate surface area is 181 Å². The SMILES string of the molecule is COc1ccccc1NC(=O)NCCc1nc2cccnc2n1Cc1ccc(C)cc1. The van der Waals surface area contributed by atoms with Crippen LogP contribution in [0, 0.1) is 6.92 Å². The lowest BCUT2D eigenvalue weighted by molar-refractivity contribution is 0.252. The van der Waals surface area contributed by atoms with Crippen molar-refractivity contribution in [3.8, 4) is 5.75 Å². The van der Waals surface area contributed by atoms with Crippen LogP contribution in [0.1, 0.15) is 17.0 Å². The third-order valence-corrected chi connectivity index (χ3v) is 5.03. The molecule has 0 aliphatic carbocycles. The third kappa shape index (κ3) is 4.83. The van der Waals surface area contributed by atoms with Crippen LogP contribution in [0.3, 0.4) is 0 Å². The second-order valence-electron chi connectivity index (χ2n) is 7.28. The molecule has 4 aromatic rings. The van der Waals surface area contributed by atoms with E-state index in [1.807, 2.05) is 24.3 Å². The van der Waals surface area contributed by atoms with E-state index in [1.165, 1.54) is 11.1 Å². The molecule has 31 heavy (non-hydrogen) atoms. The molecule has 2 aromatic carbocycles. The first-order valence-corrected chi connectivity index (χ1v) is 10.2. The molecule has 0 aliphatic rings. The van der Waals surface area contributed by atoms with Crippen molar-refractivity contribution < 1.29 is 9.53 Å². The van der Waals surface area contributed by atoms with Crippen molar-refractivity contribution >= 4 is 22.9 Å². The number of nitrogens with one attached hydrogen (secondary N) is 2. The summed E-state index contributed by atoms with van der Waals surface area (Å²) in [6.45, 7) is 3.19. The molecule has 158 valence electrons. The smallest absolute Gasteiger partial charge is 0.319 e. The first-order valence-electron chi connectivity index (χ1n) is 10.2. The van der Waals surface area contributed by atoms with Crippen molar-refractivity contribution in [3.63, 3.8) is 0 Å². The molecule has 0 saturated heterocycles. The standard InChI is InChI=1S/C24H25N5O2/c1-17-9-11-18(12-10-17)16-29-22(27-20-7-5-14-25-23(20)29)13-15-26-24(30)28-19-6-3-4-8-21(19)31-2/h3-12,14H,13,15-16H2,1-2H3,(H2,26,28,30). The zero-order valence-electron chi connectivity index (χ0n) is 17.6. The molecule has 7 nitrogen and oxygen atoms in total. The number of aryl methyl sites for hydroxylation is 1. The molecule has 2 aromatic heterocycles. The van der Waals surface area contributed by atoms with Crippen LogP contribution in [-0.4, -0.2) is 34.2 Å². The highest BCUT2D eigenvalue weighted by molar-refractivity contribution is 5.90. The summed E-state index contributed by atoms with van der Waals surface area (Å²) in [5.74, 6) is 1.50. The zero-order valence-corrected chi connectivity index (χ0v) is 17.6. The Morgan fingerprint density at radius 3 is 2.68 bits per heavy atom. The summed E-state index contributed by atoms with van der Waals surface area (Å²) >= 11 is 0. The molecule has 0 unspecified atom stereocenters. The topological polar surface area (TPSA) is 81.1 Å². The Balaban J connectivity index is 1.45. The van der Waals surface area contributed by atoms with E-state index in [4.69, 9.17) is 9.72 Å². The third-order valence-electron chi connectivity index (χ3n) is 5.03. The highest BCUT2D eigenvalue weighted by atomic mass is 16.5. The molecule has 0 fully saturated rings. The van der Waals surface area contributed by atoms with Crippen LogP contribution >= 0.6 is 0 Å². The number of para-hydroxylation sites is 2. The van der Waals surface area contributed by atoms with Gasteiger partial charge in [0.15, 0.2) is 5.65 Å². The monoisotopic (exact) mass is 415 g/mol. The van der Waals surface area contributed by atoms with Gasteiger partial charge in [-0.05, 0) is 36.8 Å². The van der Waals surface area contributed by atoms with Gasteiger partial charge in [-0.15, -0.1) is 0 Å². The number of aromatic nitrogens is 3. The van der Waals surface area contributed by atoms with Crippen LogP contribution in [0.2, 0.25) is 0 Å². The molecule has 7 heteroatoms. The summed E-state index contributed by atoms with van der Waals surface area (Å²) in [6, 6.07) is 19.3. The lowest BCUT2D eigenvalue weighted by Gasteiger charge is -2.12. The van der Waals surface area contributed by atoms with Gasteiger partial charge in [0.25, 0.3) is 0 Å². The van der Waals surface area contributed by atoms with Crippen LogP contribution in [0.4, 0.5) is 10.5 Å². The fourth-order valence-corrected chi connectivity index (χ4v) is 3.44. The fraction of sp³-hybridized carbons (Fsp3) is 0.208. The quantitative estimate of drug-likeness (QED) is 0.475. The number of carbonyl (C=O) groups excluding carboxylic acids is 1. The number of urea groups is 1. The molecule has 0 spiro atoms. The van der Waals surface area contributed by atoms with E-state index in [0.717, 1.165) is 17.0 Å². The zero-order chi connectivity index (χ0) is 21.6. The van der Waals surface area contributed by atoms with Gasteiger partial charge in [-0.2, -0.15) is 0 Å². The van der Waals surface area contributed by atoms with Crippen LogP contribution in [0.25, 0.3) is 11.2 Å². The fourth-order valence-electron chi connectivity index (χ4n) is 3.44. The van der Waals surface area contributed by atoms with Crippen LogP contribution in [0.15, 0.2) is 66.9 Å². The van der Waals surface area contributed by atoms with Gasteiger partial charge in [0.2, 0.25) is 0 Å². The summed E-state index contributed by atoms with van der Waals surface area (Å²) in [7, 11) is 1.57. The number of rotatable bonds is 7. The Bertz CT molecular complexity index is 1180. The molecule has 0 atom stereocenters. The number of carbonyl (C=O) groups is 1. The molecule has 0 aliphatic heterocycles. The summed E-state index contributed by atoms with van der Waals surface area (Å²) < 4.78 is 7.38. The van der Waals surface area contributed by atoms with Gasteiger partial charge in [0, 0.05) is 19.2 Å². The number of methoxy groups -OCH3 is 1. The van der Waals surface area contributed by atoms with E-state index in [1.54, 1.807) is 25.4 Å². The average molecular weight is 415 g/mol. The van der Waals surface area contributed by atoms with E-state index in [0.29, 0.717) is 30.9 Å². The number of amides is 2. The minimum atomic E-state index is -0.288. The molecule has 2 heterocycles. The highest BCUT2D eigenvalue weighted by Crippen LogP contribution is 2.22. The maximum absolute atomic E-state index is 12.3. The predicted octanol–water partition coefficient (Wildman–Crippen LogP) is 4.16. The number of anilines is 1. The lowest BCUT2D eigenvalue weighted by Crippen LogP contribution is -2.31. The maximum Gasteiger partial charge on any atom is 0.319 e. The Morgan fingerprint density at radius 1 is 1.06 bits per heavy atom. The first-order chi connectivity index (χ1) is 15.1.